The summed E-state index contributed by atoms with van der Waals surface area (Å²) in [4.78, 5) is 43.7. The number of ether oxygens (including phenoxy) is 2. The van der Waals surface area contributed by atoms with Crippen molar-refractivity contribution in [2.75, 3.05) is 39.6 Å². The quantitative estimate of drug-likeness (QED) is 0.0166. The average Bonchev–Trinajstić information content (AvgIpc) is 3.24. The van der Waals surface area contributed by atoms with Crippen LogP contribution in [0, 0.1) is 0 Å². The van der Waals surface area contributed by atoms with E-state index < -0.39 is 85.5 Å². The summed E-state index contributed by atoms with van der Waals surface area (Å²) in [6.07, 6.45) is 34.6. The monoisotopic (exact) mass is 929 g/mol. The molecule has 0 aromatic rings. The Morgan fingerprint density at radius 2 is 0.694 bits per heavy atom. The molecular weight excluding hydrogens is 842 g/mol. The van der Waals surface area contributed by atoms with Gasteiger partial charge in [-0.3, -0.25) is 27.7 Å². The Morgan fingerprint density at radius 3 is 1.05 bits per heavy atom. The van der Waals surface area contributed by atoms with Gasteiger partial charge in [0.05, 0.1) is 26.4 Å². The number of unbranched alkanes of at least 4 members (excludes halogenated alkanes) is 22. The molecule has 0 saturated carbocycles. The van der Waals surface area contributed by atoms with Crippen LogP contribution in [0.3, 0.4) is 0 Å². The highest BCUT2D eigenvalue weighted by Crippen LogP contribution is 2.45. The Balaban J connectivity index is 3.87. The minimum Gasteiger partial charge on any atom is -0.463 e. The third kappa shape index (κ3) is 43.8. The number of aliphatic hydroxyl groups excluding tert-OH is 3. The molecular formula is C45H86O15P2. The zero-order chi connectivity index (χ0) is 46.0. The van der Waals surface area contributed by atoms with Crippen molar-refractivity contribution in [2.45, 2.75) is 212 Å². The minimum atomic E-state index is -4.78. The first-order valence-corrected chi connectivity index (χ1v) is 26.7. The zero-order valence-corrected chi connectivity index (χ0v) is 40.1. The van der Waals surface area contributed by atoms with Crippen LogP contribution in [0.1, 0.15) is 194 Å². The fourth-order valence-electron chi connectivity index (χ4n) is 6.18. The van der Waals surface area contributed by atoms with Crippen LogP contribution in [0.5, 0.6) is 0 Å². The van der Waals surface area contributed by atoms with E-state index >= 15 is 0 Å². The van der Waals surface area contributed by atoms with E-state index in [4.69, 9.17) is 9.47 Å². The molecule has 17 heteroatoms. The highest BCUT2D eigenvalue weighted by atomic mass is 31.2. The number of hydrogen-bond donors (Lipinski definition) is 5. The molecule has 5 unspecified atom stereocenters. The van der Waals surface area contributed by atoms with Gasteiger partial charge in [-0.2, -0.15) is 0 Å². The first kappa shape index (κ1) is 60.5. The van der Waals surface area contributed by atoms with E-state index in [-0.39, 0.29) is 12.8 Å². The van der Waals surface area contributed by atoms with E-state index in [1.165, 1.54) is 103 Å². The highest BCUT2D eigenvalue weighted by Gasteiger charge is 2.28. The number of carbonyl (C=O) groups is 2. The summed E-state index contributed by atoms with van der Waals surface area (Å²) < 4.78 is 52.9. The Kier molecular flexibility index (Phi) is 41.2. The summed E-state index contributed by atoms with van der Waals surface area (Å²) in [5.41, 5.74) is 0. The van der Waals surface area contributed by atoms with Crippen LogP contribution in [0.25, 0.3) is 0 Å². The van der Waals surface area contributed by atoms with Crippen LogP contribution in [-0.4, -0.2) is 95.0 Å². The van der Waals surface area contributed by atoms with Gasteiger partial charge >= 0.3 is 27.6 Å². The lowest BCUT2D eigenvalue weighted by molar-refractivity contribution is -0.148. The molecule has 0 aliphatic heterocycles. The maximum Gasteiger partial charge on any atom is 0.472 e. The molecule has 0 spiro atoms. The zero-order valence-electron chi connectivity index (χ0n) is 38.3. The van der Waals surface area contributed by atoms with Crippen LogP contribution >= 0.6 is 15.6 Å². The van der Waals surface area contributed by atoms with Crippen molar-refractivity contribution in [1.29, 1.82) is 0 Å². The first-order chi connectivity index (χ1) is 29.8. The lowest BCUT2D eigenvalue weighted by Gasteiger charge is -2.19. The standard InChI is InChI=1S/C45H86O15P2/c1-3-5-7-9-11-13-15-16-17-18-19-20-21-22-24-26-28-30-32-34-45(50)56-36-42(47)38-58-62(53,54)60-40-43(48)39-59-61(51,52)57-37-41(46)35-55-44(49)33-31-29-27-25-23-14-12-10-8-6-4-2/h11,13,16-17,41-43,46-48H,3-10,12,14-15,18-40H2,1-2H3,(H,51,52)(H,53,54)/b13-11-,17-16-. The predicted octanol–water partition coefficient (Wildman–Crippen LogP) is 10.5. The van der Waals surface area contributed by atoms with Gasteiger partial charge in [-0.25, -0.2) is 9.13 Å². The van der Waals surface area contributed by atoms with E-state index in [2.05, 4.69) is 56.2 Å². The minimum absolute atomic E-state index is 0.193. The van der Waals surface area contributed by atoms with Crippen LogP contribution in [0.4, 0.5) is 0 Å². The average molecular weight is 929 g/mol. The summed E-state index contributed by atoms with van der Waals surface area (Å²) >= 11 is 0. The molecule has 0 rings (SSSR count). The van der Waals surface area contributed by atoms with Crippen molar-refractivity contribution < 1.29 is 71.4 Å². The molecule has 0 bridgehead atoms. The topological polar surface area (TPSA) is 225 Å². The molecule has 62 heavy (non-hydrogen) atoms. The number of phosphoric ester groups is 2. The Hall–Kier alpha value is -1.48. The van der Waals surface area contributed by atoms with Crippen molar-refractivity contribution >= 4 is 27.6 Å². The molecule has 0 heterocycles. The number of allylic oxidation sites excluding steroid dienone is 4. The third-order valence-corrected chi connectivity index (χ3v) is 11.8. The molecule has 0 amide bonds. The number of hydrogen-bond acceptors (Lipinski definition) is 13. The summed E-state index contributed by atoms with van der Waals surface area (Å²) in [5, 5.41) is 30.0. The smallest absolute Gasteiger partial charge is 0.463 e. The fraction of sp³-hybridized carbons (Fsp3) is 0.867. The number of carbonyl (C=O) groups excluding carboxylic acids is 2. The van der Waals surface area contributed by atoms with Gasteiger partial charge in [0.1, 0.15) is 31.5 Å². The molecule has 366 valence electrons. The molecule has 15 nitrogen and oxygen atoms in total. The molecule has 0 fully saturated rings. The molecule has 5 atom stereocenters. The van der Waals surface area contributed by atoms with Crippen LogP contribution in [-0.2, 0) is 46.3 Å². The highest BCUT2D eigenvalue weighted by molar-refractivity contribution is 7.47. The van der Waals surface area contributed by atoms with Crippen molar-refractivity contribution in [3.05, 3.63) is 24.3 Å². The van der Waals surface area contributed by atoms with Gasteiger partial charge in [0.2, 0.25) is 0 Å². The van der Waals surface area contributed by atoms with Gasteiger partial charge in [0.15, 0.2) is 0 Å². The van der Waals surface area contributed by atoms with Gasteiger partial charge in [0.25, 0.3) is 0 Å². The maximum atomic E-state index is 12.1. The van der Waals surface area contributed by atoms with Crippen LogP contribution in [0.2, 0.25) is 0 Å². The predicted molar refractivity (Wildman–Crippen MR) is 242 cm³/mol. The molecule has 0 radical (unpaired) electrons. The molecule has 0 saturated heterocycles. The van der Waals surface area contributed by atoms with Crippen LogP contribution in [0.15, 0.2) is 24.3 Å². The summed E-state index contributed by atoms with van der Waals surface area (Å²) in [6.45, 7) is 0.394. The van der Waals surface area contributed by atoms with E-state index in [1.54, 1.807) is 0 Å². The second-order valence-corrected chi connectivity index (χ2v) is 19.0. The van der Waals surface area contributed by atoms with E-state index in [0.717, 1.165) is 51.4 Å². The Morgan fingerprint density at radius 1 is 0.419 bits per heavy atom. The lowest BCUT2D eigenvalue weighted by Crippen LogP contribution is -2.25. The fourth-order valence-corrected chi connectivity index (χ4v) is 7.77. The van der Waals surface area contributed by atoms with Gasteiger partial charge < -0.3 is 34.6 Å². The van der Waals surface area contributed by atoms with Crippen molar-refractivity contribution in [3.8, 4) is 0 Å². The summed E-state index contributed by atoms with van der Waals surface area (Å²) in [5.74, 6) is -0.996. The van der Waals surface area contributed by atoms with E-state index in [9.17, 15) is 43.8 Å². The van der Waals surface area contributed by atoms with E-state index in [1.807, 2.05) is 0 Å². The first-order valence-electron chi connectivity index (χ1n) is 23.7. The number of aliphatic hydroxyl groups is 3. The van der Waals surface area contributed by atoms with Crippen molar-refractivity contribution in [3.63, 3.8) is 0 Å². The second kappa shape index (κ2) is 42.2. The molecule has 0 aliphatic rings. The molecule has 0 aromatic carbocycles. The Bertz CT molecular complexity index is 1220. The Labute approximate surface area is 373 Å². The van der Waals surface area contributed by atoms with Gasteiger partial charge in [-0.05, 0) is 44.9 Å². The van der Waals surface area contributed by atoms with Gasteiger partial charge in [-0.15, -0.1) is 0 Å². The lowest BCUT2D eigenvalue weighted by atomic mass is 10.1. The van der Waals surface area contributed by atoms with Crippen molar-refractivity contribution in [2.24, 2.45) is 0 Å². The maximum absolute atomic E-state index is 12.1. The SMILES string of the molecule is CCCCC/C=C\C/C=C\CCCCCCCCCCCC(=O)OCC(O)COP(=O)(O)OCC(O)COP(=O)(O)OCC(O)COC(=O)CCCCCCCCCCCCC. The van der Waals surface area contributed by atoms with Gasteiger partial charge in [0, 0.05) is 12.8 Å². The third-order valence-electron chi connectivity index (χ3n) is 9.91. The normalized spacial score (nSPS) is 15.4. The second-order valence-electron chi connectivity index (χ2n) is 16.1. The molecule has 0 aromatic heterocycles. The number of phosphoric acid groups is 2. The van der Waals surface area contributed by atoms with Gasteiger partial charge in [-0.1, -0.05) is 160 Å². The van der Waals surface area contributed by atoms with Crippen molar-refractivity contribution in [1.82, 2.24) is 0 Å². The largest absolute Gasteiger partial charge is 0.472 e. The van der Waals surface area contributed by atoms with Crippen LogP contribution < -0.4 is 0 Å². The summed E-state index contributed by atoms with van der Waals surface area (Å²) in [6, 6.07) is 0. The molecule has 0 aliphatic carbocycles. The molecule has 5 N–H and O–H groups in total. The van der Waals surface area contributed by atoms with E-state index in [0.29, 0.717) is 12.8 Å². The number of esters is 2. The number of rotatable bonds is 46. The summed E-state index contributed by atoms with van der Waals surface area (Å²) in [7, 11) is -9.56.